The Labute approximate surface area is 384 Å². The fourth-order valence-corrected chi connectivity index (χ4v) is 15.5. The number of hydrogen-bond donors (Lipinski definition) is 8. The van der Waals surface area contributed by atoms with Gasteiger partial charge >= 0.3 is 5.97 Å². The summed E-state index contributed by atoms with van der Waals surface area (Å²) in [5, 5.41) is 86.7. The summed E-state index contributed by atoms with van der Waals surface area (Å²) in [7, 11) is 1.54. The van der Waals surface area contributed by atoms with Crippen LogP contribution in [0, 0.1) is 56.7 Å². The molecule has 0 aromatic rings. The van der Waals surface area contributed by atoms with E-state index in [4.69, 9.17) is 33.2 Å². The second kappa shape index (κ2) is 17.8. The molecule has 65 heavy (non-hydrogen) atoms. The summed E-state index contributed by atoms with van der Waals surface area (Å²) < 4.78 is 42.8. The number of aliphatic hydroxyl groups excluding tert-OH is 8. The van der Waals surface area contributed by atoms with Crippen molar-refractivity contribution in [2.75, 3.05) is 13.7 Å². The van der Waals surface area contributed by atoms with Crippen LogP contribution >= 0.6 is 0 Å². The molecule has 0 radical (unpaired) electrons. The van der Waals surface area contributed by atoms with E-state index in [-0.39, 0.29) is 34.1 Å². The number of rotatable bonds is 8. The quantitative estimate of drug-likeness (QED) is 0.0992. The highest BCUT2D eigenvalue weighted by atomic mass is 16.8. The van der Waals surface area contributed by atoms with E-state index in [0.717, 1.165) is 51.4 Å². The molecule has 0 bridgehead atoms. The predicted octanol–water partition coefficient (Wildman–Crippen LogP) is 2.71. The maximum atomic E-state index is 13.8. The van der Waals surface area contributed by atoms with Gasteiger partial charge in [-0.3, -0.25) is 4.79 Å². The summed E-state index contributed by atoms with van der Waals surface area (Å²) in [6.45, 7) is 19.0. The molecule has 8 N–H and O–H groups in total. The van der Waals surface area contributed by atoms with Crippen molar-refractivity contribution in [2.24, 2.45) is 56.7 Å². The average Bonchev–Trinajstić information content (AvgIpc) is 3.26. The third kappa shape index (κ3) is 7.64. The molecule has 5 aliphatic carbocycles. The van der Waals surface area contributed by atoms with Gasteiger partial charge in [-0.15, -0.1) is 0 Å². The number of fused-ring (bicyclic) bond motifs is 7. The highest BCUT2D eigenvalue weighted by molar-refractivity contribution is 5.78. The van der Waals surface area contributed by atoms with Crippen LogP contribution in [0.1, 0.15) is 120 Å². The van der Waals surface area contributed by atoms with Gasteiger partial charge < -0.3 is 74.0 Å². The standard InChI is InChI=1S/C49H80O16/c1-22-13-18-49(44(58)59-10)20-19-47(8)26(31(49)23(22)2)11-12-29-46(7)16-15-30(45(5,6)28(46)14-17-48(29,47)9)63-43-40(65-42-37(56)35(54)33(52)25(4)61-42)38(57)39(27(21-50)62-43)64-41-36(55)34(53)32(51)24(3)60-41/h11,22-25,27-43,50-57H,12-21H2,1-10H3/t22-,23+,24+,25+,27-,28+,29-,30-,31+,32+,33+,34-,35-,36-,37-,38+,39-,40-,41+,42+,43+,46+,47-,48-,49+/m1/s1. The van der Waals surface area contributed by atoms with Crippen molar-refractivity contribution < 1.29 is 78.8 Å². The van der Waals surface area contributed by atoms with Crippen LogP contribution in [0.2, 0.25) is 0 Å². The van der Waals surface area contributed by atoms with Crippen LogP contribution in [0.25, 0.3) is 0 Å². The van der Waals surface area contributed by atoms with Gasteiger partial charge in [0.25, 0.3) is 0 Å². The average molecular weight is 925 g/mol. The van der Waals surface area contributed by atoms with Crippen molar-refractivity contribution in [3.05, 3.63) is 11.6 Å². The summed E-state index contributed by atoms with van der Waals surface area (Å²) in [5.74, 6) is 1.54. The lowest BCUT2D eigenvalue weighted by molar-refractivity contribution is -0.393. The van der Waals surface area contributed by atoms with Crippen molar-refractivity contribution in [1.82, 2.24) is 0 Å². The largest absolute Gasteiger partial charge is 0.469 e. The van der Waals surface area contributed by atoms with Crippen molar-refractivity contribution in [3.63, 3.8) is 0 Å². The third-order valence-electron chi connectivity index (χ3n) is 19.8. The SMILES string of the molecule is COC(=O)[C@]12CC[C@@H](C)[C@H](C)[C@H]1C1=CC[C@@H]3[C@@]4(C)CC[C@@H](O[C@@H]5O[C@H](CO)[C@@H](O[C@@H]6O[C@@H](C)[C@H](O)[C@@H](O)[C@H]6O)[C@H](O)[C@H]5O[C@@H]5O[C@@H](C)[C@H](O)[C@@H](O)[C@H]5O)C(C)(C)[C@@H]4CC[C@@]3(C)[C@]1(C)CC2. The van der Waals surface area contributed by atoms with Crippen LogP contribution in [-0.2, 0) is 38.0 Å². The summed E-state index contributed by atoms with van der Waals surface area (Å²) in [4.78, 5) is 13.8. The van der Waals surface area contributed by atoms with Crippen LogP contribution in [-0.4, -0.2) is 159 Å². The van der Waals surface area contributed by atoms with Gasteiger partial charge in [-0.2, -0.15) is 0 Å². The molecule has 16 nitrogen and oxygen atoms in total. The van der Waals surface area contributed by atoms with Crippen LogP contribution in [0.15, 0.2) is 11.6 Å². The lowest BCUT2D eigenvalue weighted by Gasteiger charge is -2.71. The van der Waals surface area contributed by atoms with Gasteiger partial charge in [-0.05, 0) is 123 Å². The van der Waals surface area contributed by atoms with Crippen molar-refractivity contribution in [3.8, 4) is 0 Å². The van der Waals surface area contributed by atoms with Crippen molar-refractivity contribution in [2.45, 2.75) is 218 Å². The second-order valence-electron chi connectivity index (χ2n) is 23.1. The molecule has 0 unspecified atom stereocenters. The number of hydrogen-bond acceptors (Lipinski definition) is 16. The molecule has 3 saturated heterocycles. The Kier molecular flexibility index (Phi) is 13.7. The molecular weight excluding hydrogens is 845 g/mol. The van der Waals surface area contributed by atoms with Gasteiger partial charge in [0.1, 0.15) is 61.0 Å². The zero-order valence-electron chi connectivity index (χ0n) is 40.1. The summed E-state index contributed by atoms with van der Waals surface area (Å²) in [6, 6.07) is 0. The fourth-order valence-electron chi connectivity index (χ4n) is 15.5. The number of carbonyl (C=O) groups is 1. The first-order chi connectivity index (χ1) is 30.4. The molecule has 4 saturated carbocycles. The molecule has 3 heterocycles. The number of aliphatic hydroxyl groups is 8. The normalized spacial score (nSPS) is 55.4. The maximum absolute atomic E-state index is 13.8. The number of methoxy groups -OCH3 is 1. The Balaban J connectivity index is 1.07. The number of allylic oxidation sites excluding steroid dienone is 2. The predicted molar refractivity (Wildman–Crippen MR) is 232 cm³/mol. The second-order valence-corrected chi connectivity index (χ2v) is 23.1. The van der Waals surface area contributed by atoms with Crippen molar-refractivity contribution >= 4 is 5.97 Å². The highest BCUT2D eigenvalue weighted by Crippen LogP contribution is 2.76. The van der Waals surface area contributed by atoms with Crippen LogP contribution < -0.4 is 0 Å². The molecule has 0 spiro atoms. The van der Waals surface area contributed by atoms with Gasteiger partial charge in [-0.1, -0.05) is 60.1 Å². The summed E-state index contributed by atoms with van der Waals surface area (Å²) in [5.41, 5.74) is 0.351. The van der Waals surface area contributed by atoms with E-state index in [0.29, 0.717) is 24.2 Å². The minimum Gasteiger partial charge on any atom is -0.469 e. The molecule has 25 atom stereocenters. The summed E-state index contributed by atoms with van der Waals surface area (Å²) in [6.07, 6.45) is -11.7. The molecule has 0 amide bonds. The molecule has 7 fully saturated rings. The zero-order valence-corrected chi connectivity index (χ0v) is 40.1. The number of esters is 1. The van der Waals surface area contributed by atoms with Crippen LogP contribution in [0.5, 0.6) is 0 Å². The highest BCUT2D eigenvalue weighted by Gasteiger charge is 2.70. The molecule has 8 rings (SSSR count). The van der Waals surface area contributed by atoms with Gasteiger partial charge in [0.15, 0.2) is 18.9 Å². The molecule has 372 valence electrons. The molecular formula is C49H80O16. The minimum atomic E-state index is -1.73. The van der Waals surface area contributed by atoms with Gasteiger partial charge in [-0.25, -0.2) is 0 Å². The lowest BCUT2D eigenvalue weighted by Crippen LogP contribution is -2.68. The molecule has 16 heteroatoms. The zero-order chi connectivity index (χ0) is 47.5. The Morgan fingerprint density at radius 2 is 1.26 bits per heavy atom. The number of carbonyl (C=O) groups excluding carboxylic acids is 1. The topological polar surface area (TPSA) is 244 Å². The monoisotopic (exact) mass is 925 g/mol. The van der Waals surface area contributed by atoms with Gasteiger partial charge in [0.05, 0.1) is 37.4 Å². The van der Waals surface area contributed by atoms with Crippen LogP contribution in [0.3, 0.4) is 0 Å². The summed E-state index contributed by atoms with van der Waals surface area (Å²) >= 11 is 0. The van der Waals surface area contributed by atoms with Crippen molar-refractivity contribution in [1.29, 1.82) is 0 Å². The van der Waals surface area contributed by atoms with E-state index >= 15 is 0 Å². The maximum Gasteiger partial charge on any atom is 0.312 e. The smallest absolute Gasteiger partial charge is 0.312 e. The first-order valence-corrected chi connectivity index (χ1v) is 24.5. The van der Waals surface area contributed by atoms with E-state index in [9.17, 15) is 45.6 Å². The first-order valence-electron chi connectivity index (χ1n) is 24.5. The minimum absolute atomic E-state index is 0.0225. The van der Waals surface area contributed by atoms with E-state index in [2.05, 4.69) is 54.5 Å². The van der Waals surface area contributed by atoms with E-state index in [1.54, 1.807) is 7.11 Å². The Morgan fingerprint density at radius 1 is 0.662 bits per heavy atom. The van der Waals surface area contributed by atoms with Gasteiger partial charge in [0, 0.05) is 0 Å². The molecule has 8 aliphatic rings. The third-order valence-corrected chi connectivity index (χ3v) is 19.8. The Bertz CT molecular complexity index is 1760. The van der Waals surface area contributed by atoms with E-state index < -0.39 is 116 Å². The van der Waals surface area contributed by atoms with E-state index in [1.807, 2.05) is 0 Å². The Hall–Kier alpha value is -1.35. The van der Waals surface area contributed by atoms with E-state index in [1.165, 1.54) is 19.4 Å². The fraction of sp³-hybridized carbons (Fsp3) is 0.939. The lowest BCUT2D eigenvalue weighted by atomic mass is 9.33. The molecule has 0 aromatic heterocycles. The molecule has 3 aliphatic heterocycles. The Morgan fingerprint density at radius 3 is 1.85 bits per heavy atom. The first kappa shape index (κ1) is 50.1. The molecule has 0 aromatic carbocycles. The van der Waals surface area contributed by atoms with Crippen LogP contribution in [0.4, 0.5) is 0 Å². The van der Waals surface area contributed by atoms with Gasteiger partial charge in [0.2, 0.25) is 0 Å². The number of ether oxygens (including phenoxy) is 7.